The summed E-state index contributed by atoms with van der Waals surface area (Å²) in [5, 5.41) is 0. The smallest absolute Gasteiger partial charge is 0 e. The van der Waals surface area contributed by atoms with Crippen LogP contribution < -0.4 is 0 Å². The molecule has 0 saturated carbocycles. The van der Waals surface area contributed by atoms with Gasteiger partial charge in [0.25, 0.3) is 0 Å². The Bertz CT molecular complexity index is 11.9. The molecule has 0 aliphatic rings. The molecule has 0 atom stereocenters. The van der Waals surface area contributed by atoms with Crippen molar-refractivity contribution in [3.63, 3.8) is 0 Å². The van der Waals surface area contributed by atoms with Crippen molar-refractivity contribution in [1.29, 1.82) is 0 Å². The third-order valence-corrected chi connectivity index (χ3v) is 0. The van der Waals surface area contributed by atoms with Gasteiger partial charge in [-0.15, -0.1) is 0 Å². The minimum Gasteiger partial charge on any atom is -0.358 e. The average molecular weight is 702 g/mol. The Hall–Kier alpha value is 1.38. The van der Waals surface area contributed by atoms with E-state index in [9.17, 15) is 0 Å². The zero-order chi connectivity index (χ0) is 13.4. The summed E-state index contributed by atoms with van der Waals surface area (Å²) in [4.78, 5) is 0. The molecule has 0 aliphatic heterocycles. The first-order valence-corrected chi connectivity index (χ1v) is 6.83. The van der Waals surface area contributed by atoms with Gasteiger partial charge in [-0.05, 0) is 0 Å². The first-order valence-electron chi connectivity index (χ1n) is 6.83. The van der Waals surface area contributed by atoms with Crippen molar-refractivity contribution in [3.8, 4) is 0 Å². The van der Waals surface area contributed by atoms with Crippen LogP contribution in [0, 0.1) is 14.9 Å². The molecule has 0 aromatic carbocycles. The van der Waals surface area contributed by atoms with Gasteiger partial charge in [0.05, 0.1) is 0 Å². The predicted octanol–water partition coefficient (Wildman–Crippen LogP) is 11.6. The largest absolute Gasteiger partial charge is 0.358 e. The number of rotatable bonds is 0. The van der Waals surface area contributed by atoms with Crippen LogP contribution in [-0.4, -0.2) is 0 Å². The average Bonchev–Trinajstić information content (AvgIpc) is 2.31. The van der Waals surface area contributed by atoms with Gasteiger partial charge >= 0.3 is 0 Å². The third kappa shape index (κ3) is 6180. The third-order valence-electron chi connectivity index (χ3n) is 0. The fraction of sp³-hybridized carbons (Fsp3) is 0.909. The molecule has 0 aliphatic carbocycles. The minimum absolute atomic E-state index is 0. The van der Waals surface area contributed by atoms with Crippen LogP contribution in [0.3, 0.4) is 0 Å². The van der Waals surface area contributed by atoms with E-state index in [4.69, 9.17) is 0 Å². The van der Waals surface area contributed by atoms with Crippen molar-refractivity contribution in [2.24, 2.45) is 0 Å². The Morgan fingerprint density at radius 1 is 0.333 bits per heavy atom. The molecule has 0 nitrogen and oxygen atoms in total. The van der Waals surface area contributed by atoms with Gasteiger partial charge < -0.3 is 14.9 Å². The van der Waals surface area contributed by atoms with Gasteiger partial charge in [-0.1, -0.05) is 140 Å². The van der Waals surface area contributed by atoms with Crippen LogP contribution in [0.25, 0.3) is 0 Å². The van der Waals surface area contributed by atoms with Crippen molar-refractivity contribution < 1.29 is 42.1 Å². The summed E-state index contributed by atoms with van der Waals surface area (Å²) in [6, 6.07) is 0. The van der Waals surface area contributed by atoms with Gasteiger partial charge in [0.15, 0.2) is 0 Å². The monoisotopic (exact) mass is 702 g/mol. The molecular weight excluding hydrogens is 632 g/mol. The van der Waals surface area contributed by atoms with E-state index in [-0.39, 0.29) is 102 Å². The van der Waals surface area contributed by atoms with E-state index in [0.29, 0.717) is 0 Å². The molecule has 0 radical (unpaired) electrons. The predicted molar refractivity (Wildman–Crippen MR) is 131 cm³/mol. The van der Waals surface area contributed by atoms with E-state index < -0.39 is 0 Å². The standard InChI is InChI=1S/2C3H8.4C2H6.6CH4.2CH3.2W/c2*1-3-2;4*1-2;;;;;;;;;;/h2*3H2,1-2H3;4*1-2H3;6*1H4;2*1H3;;/q;;;;;;;;;;;;2*-1;;. The minimum atomic E-state index is 0. The molecule has 172 valence electrons. The van der Waals surface area contributed by atoms with Crippen LogP contribution >= 0.6 is 0 Å². The quantitative estimate of drug-likeness (QED) is 0.221. The van der Waals surface area contributed by atoms with Gasteiger partial charge in [-0.25, -0.2) is 0 Å². The van der Waals surface area contributed by atoms with E-state index in [2.05, 4.69) is 27.7 Å². The second-order valence-corrected chi connectivity index (χ2v) is 1.41. The van der Waals surface area contributed by atoms with Gasteiger partial charge in [-0.2, -0.15) is 0 Å². The molecule has 0 unspecified atom stereocenters. The summed E-state index contributed by atoms with van der Waals surface area (Å²) in [6.07, 6.45) is 2.50. The number of hydrogen-bond acceptors (Lipinski definition) is 0. The van der Waals surface area contributed by atoms with Crippen LogP contribution in [0.4, 0.5) is 0 Å². The summed E-state index contributed by atoms with van der Waals surface area (Å²) < 4.78 is 0. The zero-order valence-electron chi connectivity index (χ0n) is 16.2. The molecule has 0 aromatic heterocycles. The number of hydrogen-bond donors (Lipinski definition) is 0. The van der Waals surface area contributed by atoms with Gasteiger partial charge in [0.2, 0.25) is 0 Å². The van der Waals surface area contributed by atoms with Crippen LogP contribution in [0.1, 0.15) is 140 Å². The fourth-order valence-corrected chi connectivity index (χ4v) is 0. The molecule has 0 heterocycles. The van der Waals surface area contributed by atoms with Crippen molar-refractivity contribution in [2.75, 3.05) is 0 Å². The molecule has 0 saturated heterocycles. The van der Waals surface area contributed by atoms with Crippen LogP contribution in [0.5, 0.6) is 0 Å². The SMILES string of the molecule is C.C.C.C.C.C.CC.CC.CC.CC.CCC.CCC.[CH3-].[CH3-].[W].[W]. The molecule has 0 spiro atoms. The second-order valence-electron chi connectivity index (χ2n) is 1.41. The molecule has 0 rings (SSSR count). The molecule has 0 aromatic rings. The Morgan fingerprint density at radius 2 is 0.333 bits per heavy atom. The van der Waals surface area contributed by atoms with E-state index in [1.54, 1.807) is 0 Å². The van der Waals surface area contributed by atoms with E-state index in [1.807, 2.05) is 55.4 Å². The molecule has 24 heavy (non-hydrogen) atoms. The van der Waals surface area contributed by atoms with Crippen LogP contribution in [0.2, 0.25) is 0 Å². The van der Waals surface area contributed by atoms with E-state index in [1.165, 1.54) is 12.8 Å². The maximum Gasteiger partial charge on any atom is 0 e. The second kappa shape index (κ2) is 1170. The zero-order valence-corrected chi connectivity index (χ0v) is 22.1. The van der Waals surface area contributed by atoms with Crippen molar-refractivity contribution in [2.45, 2.75) is 140 Å². The Morgan fingerprint density at radius 3 is 0.333 bits per heavy atom. The van der Waals surface area contributed by atoms with Gasteiger partial charge in [-0.3, -0.25) is 0 Å². The summed E-state index contributed by atoms with van der Waals surface area (Å²) in [6.45, 7) is 24.5. The van der Waals surface area contributed by atoms with Crippen LogP contribution in [0.15, 0.2) is 0 Å². The van der Waals surface area contributed by atoms with Crippen molar-refractivity contribution in [3.05, 3.63) is 14.9 Å². The first kappa shape index (κ1) is 172. The van der Waals surface area contributed by atoms with E-state index in [0.717, 1.165) is 0 Å². The Labute approximate surface area is 196 Å². The topological polar surface area (TPSA) is 0 Å². The Kier molecular flexibility index (Phi) is 8350. The van der Waals surface area contributed by atoms with Gasteiger partial charge in [0.1, 0.15) is 0 Å². The van der Waals surface area contributed by atoms with E-state index >= 15 is 0 Å². The fourth-order valence-electron chi connectivity index (χ4n) is 0. The molecule has 0 amide bonds. The molecular formula is C22H70W2-2. The normalized spacial score (nSPS) is 2.50. The summed E-state index contributed by atoms with van der Waals surface area (Å²) in [5.74, 6) is 0. The molecule has 0 bridgehead atoms. The van der Waals surface area contributed by atoms with Crippen molar-refractivity contribution >= 4 is 0 Å². The Balaban J connectivity index is -0.00000000213. The summed E-state index contributed by atoms with van der Waals surface area (Å²) >= 11 is 0. The maximum atomic E-state index is 2.12. The first-order chi connectivity index (χ1) is 6.83. The molecule has 2 heteroatoms. The summed E-state index contributed by atoms with van der Waals surface area (Å²) in [7, 11) is 0. The molecule has 0 N–H and O–H groups in total. The van der Waals surface area contributed by atoms with Gasteiger partial charge in [0, 0.05) is 42.1 Å². The summed E-state index contributed by atoms with van der Waals surface area (Å²) in [5.41, 5.74) is 0. The van der Waals surface area contributed by atoms with Crippen molar-refractivity contribution in [1.82, 2.24) is 0 Å². The molecule has 0 fully saturated rings. The van der Waals surface area contributed by atoms with Crippen LogP contribution in [-0.2, 0) is 42.1 Å². The maximum absolute atomic E-state index is 2.12.